The maximum atomic E-state index is 6.83. The minimum absolute atomic E-state index is 0. The Labute approximate surface area is 383 Å². The van der Waals surface area contributed by atoms with Crippen LogP contribution >= 0.6 is 0 Å². The molecule has 0 saturated carbocycles. The van der Waals surface area contributed by atoms with E-state index < -0.39 is 23.2 Å². The van der Waals surface area contributed by atoms with Crippen LogP contribution in [0.3, 0.4) is 0 Å². The maximum absolute atomic E-state index is 6.83. The summed E-state index contributed by atoms with van der Waals surface area (Å²) in [5.41, 5.74) is 18.1. The fourth-order valence-electron chi connectivity index (χ4n) is 9.04. The van der Waals surface area contributed by atoms with Gasteiger partial charge < -0.3 is 24.8 Å². The molecule has 2 unspecified atom stereocenters. The average molecular weight is 913 g/mol. The smallest absolute Gasteiger partial charge is 1.00 e. The van der Waals surface area contributed by atoms with Crippen LogP contribution in [0.15, 0.2) is 179 Å². The zero-order chi connectivity index (χ0) is 39.7. The van der Waals surface area contributed by atoms with Gasteiger partial charge in [0.15, 0.2) is 0 Å². The second-order valence-corrected chi connectivity index (χ2v) is 19.5. The second-order valence-electron chi connectivity index (χ2n) is 15.8. The molecule has 0 saturated heterocycles. The van der Waals surface area contributed by atoms with Crippen molar-refractivity contribution in [3.8, 4) is 44.9 Å². The topological polar surface area (TPSA) is 26.3 Å². The fourth-order valence-corrected chi connectivity index (χ4v) is 14.0. The van der Waals surface area contributed by atoms with Gasteiger partial charge in [0.05, 0.1) is 0 Å². The molecule has 2 atom stereocenters. The van der Waals surface area contributed by atoms with Gasteiger partial charge in [-0.1, -0.05) is 0 Å². The Morgan fingerprint density at radius 2 is 0.787 bits per heavy atom. The molecule has 2 aliphatic carbocycles. The molecular weight excluding hydrogens is 867 g/mol. The van der Waals surface area contributed by atoms with Crippen molar-refractivity contribution in [1.82, 2.24) is 0 Å². The van der Waals surface area contributed by atoms with Crippen LogP contribution in [0.1, 0.15) is 78.8 Å². The number of rotatable bonds is 12. The zero-order valence-corrected chi connectivity index (χ0v) is 38.3. The molecule has 0 amide bonds. The number of benzene rings is 6. The summed E-state index contributed by atoms with van der Waals surface area (Å²) < 4.78 is 14.2. The van der Waals surface area contributed by atoms with Gasteiger partial charge in [0.2, 0.25) is 0 Å². The molecule has 2 aromatic heterocycles. The van der Waals surface area contributed by atoms with Crippen molar-refractivity contribution in [3.05, 3.63) is 215 Å². The molecule has 2 nitrogen and oxygen atoms in total. The minimum atomic E-state index is -1.44. The summed E-state index contributed by atoms with van der Waals surface area (Å²) in [6, 6.07) is 62.0. The summed E-state index contributed by atoms with van der Waals surface area (Å²) in [4.78, 5) is 0. The summed E-state index contributed by atoms with van der Waals surface area (Å²) in [5.74, 6) is 3.73. The molecule has 6 aromatic carbocycles. The van der Waals surface area contributed by atoms with Crippen molar-refractivity contribution in [2.45, 2.75) is 46.8 Å². The molecule has 0 aliphatic heterocycles. The van der Waals surface area contributed by atoms with Gasteiger partial charge in [-0.15, -0.1) is 0 Å². The van der Waals surface area contributed by atoms with Crippen LogP contribution in [0, 0.1) is 0 Å². The number of hydrogen-bond acceptors (Lipinski definition) is 2. The molecule has 61 heavy (non-hydrogen) atoms. The molecule has 0 N–H and O–H groups in total. The van der Waals surface area contributed by atoms with Crippen LogP contribution in [0.5, 0.6) is 0 Å². The minimum Gasteiger partial charge on any atom is -1.00 e. The summed E-state index contributed by atoms with van der Waals surface area (Å²) in [7, 11) is 0. The van der Waals surface area contributed by atoms with Crippen LogP contribution in [0.2, 0.25) is 0 Å². The Bertz CT molecular complexity index is 2620. The maximum Gasteiger partial charge on any atom is -1.00 e. The van der Waals surface area contributed by atoms with Gasteiger partial charge in [-0.3, -0.25) is 0 Å². The molecule has 0 fully saturated rings. The zero-order valence-electron chi connectivity index (χ0n) is 34.4. The standard InChI is InChI=1S/2C28H23O.2ClH.Zr/c2*1-2-7-20-12-14-21(15-13-20)25-11-6-10-23-18-24(19-26(23)25)28-17-16-27(29-28)22-8-4-3-5-9-22;;;/h2*3-6,8-19H,2,7H2,1H3;2*1H;/q;;;;+2/p-2. The van der Waals surface area contributed by atoms with Crippen molar-refractivity contribution in [2.24, 2.45) is 0 Å². The van der Waals surface area contributed by atoms with Crippen molar-refractivity contribution in [3.63, 3.8) is 0 Å². The van der Waals surface area contributed by atoms with Crippen molar-refractivity contribution < 1.29 is 56.9 Å². The molecule has 0 radical (unpaired) electrons. The van der Waals surface area contributed by atoms with Crippen molar-refractivity contribution in [2.75, 3.05) is 0 Å². The summed E-state index contributed by atoms with van der Waals surface area (Å²) in [5, 5.41) is 0. The number of fused-ring (bicyclic) bond motifs is 2. The van der Waals surface area contributed by atoms with E-state index in [1.54, 1.807) is 0 Å². The molecule has 0 spiro atoms. The van der Waals surface area contributed by atoms with E-state index in [0.717, 1.165) is 59.9 Å². The SMILES string of the molecule is CCCc1ccc(-c2cccc3c2C=C(c2ccc(-c4ccccc4)o2)[CH]3[Zr+2][CH]2C(c3ccc(-c4ccccc4)o3)=Cc3c(-c4ccc(CCC)cc4)cccc32)cc1.[Cl-].[Cl-]. The third-order valence-corrected chi connectivity index (χ3v) is 16.7. The number of furan rings is 2. The van der Waals surface area contributed by atoms with E-state index >= 15 is 0 Å². The average Bonchev–Trinajstić information content (AvgIpc) is 4.11. The number of allylic oxidation sites excluding steroid dienone is 2. The summed E-state index contributed by atoms with van der Waals surface area (Å²) in [6.45, 7) is 4.49. The normalized spacial score (nSPS) is 14.9. The first-order valence-corrected chi connectivity index (χ1v) is 23.9. The van der Waals surface area contributed by atoms with Gasteiger partial charge >= 0.3 is 362 Å². The van der Waals surface area contributed by atoms with Gasteiger partial charge in [-0.05, 0) is 0 Å². The first kappa shape index (κ1) is 42.5. The van der Waals surface area contributed by atoms with Gasteiger partial charge in [0.1, 0.15) is 0 Å². The van der Waals surface area contributed by atoms with E-state index in [4.69, 9.17) is 8.83 Å². The Kier molecular flexibility index (Phi) is 13.1. The Morgan fingerprint density at radius 3 is 1.18 bits per heavy atom. The van der Waals surface area contributed by atoms with E-state index in [1.165, 1.54) is 66.8 Å². The first-order valence-electron chi connectivity index (χ1n) is 21.1. The van der Waals surface area contributed by atoms with Crippen LogP contribution in [0.4, 0.5) is 0 Å². The first-order chi connectivity index (χ1) is 29.1. The summed E-state index contributed by atoms with van der Waals surface area (Å²) >= 11 is -1.44. The van der Waals surface area contributed by atoms with Crippen molar-refractivity contribution in [1.29, 1.82) is 0 Å². The molecular formula is C56H46Cl2O2Zr. The second kappa shape index (κ2) is 18.8. The van der Waals surface area contributed by atoms with Crippen molar-refractivity contribution >= 4 is 23.3 Å². The van der Waals surface area contributed by atoms with E-state index in [-0.39, 0.29) is 32.1 Å². The van der Waals surface area contributed by atoms with E-state index in [9.17, 15) is 0 Å². The largest absolute Gasteiger partial charge is 1.00 e. The Hall–Kier alpha value is -5.18. The monoisotopic (exact) mass is 910 g/mol. The molecule has 8 aromatic rings. The Balaban J connectivity index is 0.00000257. The predicted molar refractivity (Wildman–Crippen MR) is 241 cm³/mol. The molecule has 2 heterocycles. The van der Waals surface area contributed by atoms with Gasteiger partial charge in [0.25, 0.3) is 0 Å². The van der Waals surface area contributed by atoms with Gasteiger partial charge in [0, 0.05) is 0 Å². The van der Waals surface area contributed by atoms with E-state index in [1.807, 2.05) is 0 Å². The number of hydrogen-bond donors (Lipinski definition) is 0. The quantitative estimate of drug-likeness (QED) is 0.122. The van der Waals surface area contributed by atoms with Gasteiger partial charge in [-0.25, -0.2) is 0 Å². The third-order valence-electron chi connectivity index (χ3n) is 12.0. The molecule has 0 bridgehead atoms. The molecule has 2 aliphatic rings. The summed E-state index contributed by atoms with van der Waals surface area (Å²) in [6.07, 6.45) is 9.40. The third kappa shape index (κ3) is 8.42. The van der Waals surface area contributed by atoms with Crippen LogP contribution < -0.4 is 24.8 Å². The van der Waals surface area contributed by atoms with E-state index in [0.29, 0.717) is 0 Å². The molecule has 10 rings (SSSR count). The number of aryl methyl sites for hydroxylation is 2. The van der Waals surface area contributed by atoms with Crippen LogP contribution in [-0.2, 0) is 36.1 Å². The molecule has 5 heteroatoms. The van der Waals surface area contributed by atoms with E-state index in [2.05, 4.69) is 196 Å². The van der Waals surface area contributed by atoms with Gasteiger partial charge in [-0.2, -0.15) is 0 Å². The molecule has 300 valence electrons. The van der Waals surface area contributed by atoms with Crippen LogP contribution in [0.25, 0.3) is 68.2 Å². The fraction of sp³-hybridized carbons (Fsp3) is 0.143. The predicted octanol–water partition coefficient (Wildman–Crippen LogP) is 9.43. The van der Waals surface area contributed by atoms with Crippen LogP contribution in [-0.4, -0.2) is 0 Å². The number of halogens is 2. The Morgan fingerprint density at radius 1 is 0.393 bits per heavy atom.